The van der Waals surface area contributed by atoms with Crippen molar-refractivity contribution in [1.82, 2.24) is 0 Å². The van der Waals surface area contributed by atoms with Crippen LogP contribution in [-0.4, -0.2) is 25.7 Å². The molecule has 0 saturated carbocycles. The Morgan fingerprint density at radius 3 is 1.50 bits per heavy atom. The average Bonchev–Trinajstić information content (AvgIpc) is 2.31. The zero-order valence-corrected chi connectivity index (χ0v) is 11.8. The Kier molecular flexibility index (Phi) is 5.91. The smallest absolute Gasteiger partial charge is 0.134 e. The van der Waals surface area contributed by atoms with Gasteiger partial charge >= 0.3 is 0 Å². The Hall–Kier alpha value is -0.480. The van der Waals surface area contributed by atoms with Gasteiger partial charge in [-0.15, -0.1) is 23.5 Å². The molecule has 1 rings (SSSR count). The fourth-order valence-electron chi connectivity index (χ4n) is 1.38. The summed E-state index contributed by atoms with van der Waals surface area (Å²) >= 11 is 3.36. The standard InChI is InChI=1S/C12H18O2S2/c1-5-13-9-7-12(16-4)10(14-6-2)8-11(9)15-3/h7-8H,5-6H2,1-4H3. The van der Waals surface area contributed by atoms with E-state index in [1.54, 1.807) is 23.5 Å². The Morgan fingerprint density at radius 2 is 1.25 bits per heavy atom. The molecular weight excluding hydrogens is 240 g/mol. The minimum absolute atomic E-state index is 0.690. The molecule has 2 nitrogen and oxygen atoms in total. The van der Waals surface area contributed by atoms with Crippen molar-refractivity contribution in [1.29, 1.82) is 0 Å². The van der Waals surface area contributed by atoms with Crippen molar-refractivity contribution in [3.8, 4) is 11.5 Å². The number of hydrogen-bond donors (Lipinski definition) is 0. The van der Waals surface area contributed by atoms with Crippen LogP contribution < -0.4 is 9.47 Å². The third-order valence-corrected chi connectivity index (χ3v) is 3.57. The molecule has 4 heteroatoms. The second-order valence-corrected chi connectivity index (χ2v) is 4.72. The van der Waals surface area contributed by atoms with E-state index in [9.17, 15) is 0 Å². The van der Waals surface area contributed by atoms with Gasteiger partial charge in [0.05, 0.1) is 23.0 Å². The summed E-state index contributed by atoms with van der Waals surface area (Å²) in [4.78, 5) is 2.26. The van der Waals surface area contributed by atoms with E-state index in [0.29, 0.717) is 13.2 Å². The van der Waals surface area contributed by atoms with E-state index in [1.807, 2.05) is 26.4 Å². The zero-order valence-electron chi connectivity index (χ0n) is 10.2. The summed E-state index contributed by atoms with van der Waals surface area (Å²) in [6, 6.07) is 4.12. The number of ether oxygens (including phenoxy) is 2. The molecule has 0 aliphatic carbocycles. The number of hydrogen-bond acceptors (Lipinski definition) is 4. The van der Waals surface area contributed by atoms with Gasteiger partial charge < -0.3 is 9.47 Å². The minimum atomic E-state index is 0.690. The molecule has 0 aromatic heterocycles. The Bertz CT molecular complexity index is 306. The van der Waals surface area contributed by atoms with Gasteiger partial charge in [-0.3, -0.25) is 0 Å². The Morgan fingerprint density at radius 1 is 0.875 bits per heavy atom. The fraction of sp³-hybridized carbons (Fsp3) is 0.500. The Labute approximate surface area is 106 Å². The summed E-state index contributed by atoms with van der Waals surface area (Å²) < 4.78 is 11.2. The summed E-state index contributed by atoms with van der Waals surface area (Å²) in [5, 5.41) is 0. The van der Waals surface area contributed by atoms with Gasteiger partial charge in [-0.1, -0.05) is 0 Å². The van der Waals surface area contributed by atoms with E-state index in [1.165, 1.54) is 0 Å². The summed E-state index contributed by atoms with van der Waals surface area (Å²) in [6.07, 6.45) is 4.10. The van der Waals surface area contributed by atoms with Crippen LogP contribution in [0.5, 0.6) is 11.5 Å². The molecule has 0 bridgehead atoms. The molecule has 0 spiro atoms. The number of benzene rings is 1. The molecule has 0 unspecified atom stereocenters. The molecule has 0 atom stereocenters. The minimum Gasteiger partial charge on any atom is -0.493 e. The topological polar surface area (TPSA) is 18.5 Å². The molecule has 0 aliphatic rings. The lowest BCUT2D eigenvalue weighted by molar-refractivity contribution is 0.317. The highest BCUT2D eigenvalue weighted by Crippen LogP contribution is 2.38. The molecule has 0 amide bonds. The van der Waals surface area contributed by atoms with Crippen molar-refractivity contribution >= 4 is 23.5 Å². The summed E-state index contributed by atoms with van der Waals surface area (Å²) in [6.45, 7) is 5.38. The van der Waals surface area contributed by atoms with Crippen LogP contribution >= 0.6 is 23.5 Å². The van der Waals surface area contributed by atoms with E-state index in [2.05, 4.69) is 12.1 Å². The van der Waals surface area contributed by atoms with Gasteiger partial charge in [0.15, 0.2) is 0 Å². The molecule has 0 heterocycles. The van der Waals surface area contributed by atoms with Crippen molar-refractivity contribution in [3.63, 3.8) is 0 Å². The zero-order chi connectivity index (χ0) is 12.0. The van der Waals surface area contributed by atoms with Crippen LogP contribution in [0.3, 0.4) is 0 Å². The molecule has 0 fully saturated rings. The number of thioether (sulfide) groups is 2. The third kappa shape index (κ3) is 3.25. The summed E-state index contributed by atoms with van der Waals surface area (Å²) in [7, 11) is 0. The monoisotopic (exact) mass is 258 g/mol. The molecule has 1 aromatic rings. The van der Waals surface area contributed by atoms with E-state index < -0.39 is 0 Å². The molecule has 16 heavy (non-hydrogen) atoms. The lowest BCUT2D eigenvalue weighted by Gasteiger charge is -2.14. The fourth-order valence-corrected chi connectivity index (χ4v) is 2.47. The van der Waals surface area contributed by atoms with Crippen LogP contribution in [0.4, 0.5) is 0 Å². The van der Waals surface area contributed by atoms with Gasteiger partial charge in [0.2, 0.25) is 0 Å². The van der Waals surface area contributed by atoms with Crippen LogP contribution in [0.2, 0.25) is 0 Å². The van der Waals surface area contributed by atoms with Gasteiger partial charge in [-0.2, -0.15) is 0 Å². The van der Waals surface area contributed by atoms with Crippen molar-refractivity contribution in [2.75, 3.05) is 25.7 Å². The van der Waals surface area contributed by atoms with Crippen LogP contribution in [-0.2, 0) is 0 Å². The van der Waals surface area contributed by atoms with Crippen molar-refractivity contribution in [2.24, 2.45) is 0 Å². The van der Waals surface area contributed by atoms with Crippen molar-refractivity contribution < 1.29 is 9.47 Å². The van der Waals surface area contributed by atoms with Crippen molar-refractivity contribution in [2.45, 2.75) is 23.6 Å². The van der Waals surface area contributed by atoms with Gasteiger partial charge in [0.25, 0.3) is 0 Å². The first kappa shape index (κ1) is 13.6. The molecule has 0 N–H and O–H groups in total. The predicted octanol–water partition coefficient (Wildman–Crippen LogP) is 3.93. The number of rotatable bonds is 6. The molecule has 0 saturated heterocycles. The van der Waals surface area contributed by atoms with Gasteiger partial charge in [0, 0.05) is 0 Å². The van der Waals surface area contributed by atoms with E-state index in [4.69, 9.17) is 9.47 Å². The normalized spacial score (nSPS) is 10.2. The average molecular weight is 258 g/mol. The molecule has 1 aromatic carbocycles. The van der Waals surface area contributed by atoms with Gasteiger partial charge in [-0.25, -0.2) is 0 Å². The van der Waals surface area contributed by atoms with E-state index in [-0.39, 0.29) is 0 Å². The van der Waals surface area contributed by atoms with Crippen LogP contribution in [0.25, 0.3) is 0 Å². The molecule has 0 radical (unpaired) electrons. The summed E-state index contributed by atoms with van der Waals surface area (Å²) in [5.74, 6) is 1.89. The van der Waals surface area contributed by atoms with Crippen molar-refractivity contribution in [3.05, 3.63) is 12.1 Å². The quantitative estimate of drug-likeness (QED) is 0.719. The first-order valence-electron chi connectivity index (χ1n) is 5.28. The van der Waals surface area contributed by atoms with Crippen LogP contribution in [0.15, 0.2) is 21.9 Å². The first-order valence-corrected chi connectivity index (χ1v) is 7.73. The Balaban J connectivity index is 3.11. The largest absolute Gasteiger partial charge is 0.493 e. The third-order valence-electron chi connectivity index (χ3n) is 2.05. The van der Waals surface area contributed by atoms with Crippen LogP contribution in [0.1, 0.15) is 13.8 Å². The van der Waals surface area contributed by atoms with Gasteiger partial charge in [0.1, 0.15) is 11.5 Å². The SMILES string of the molecule is CCOc1cc(SC)c(OCC)cc1SC. The van der Waals surface area contributed by atoms with E-state index in [0.717, 1.165) is 21.3 Å². The predicted molar refractivity (Wildman–Crippen MR) is 72.3 cm³/mol. The second kappa shape index (κ2) is 6.97. The first-order chi connectivity index (χ1) is 7.76. The molecular formula is C12H18O2S2. The highest BCUT2D eigenvalue weighted by molar-refractivity contribution is 7.99. The lowest BCUT2D eigenvalue weighted by atomic mass is 10.3. The second-order valence-electron chi connectivity index (χ2n) is 3.02. The van der Waals surface area contributed by atoms with Gasteiger partial charge in [-0.05, 0) is 38.5 Å². The maximum atomic E-state index is 5.61. The maximum Gasteiger partial charge on any atom is 0.134 e. The lowest BCUT2D eigenvalue weighted by Crippen LogP contribution is -1.97. The highest BCUT2D eigenvalue weighted by atomic mass is 32.2. The maximum absolute atomic E-state index is 5.61. The molecule has 90 valence electrons. The van der Waals surface area contributed by atoms with E-state index >= 15 is 0 Å². The molecule has 0 aliphatic heterocycles. The summed E-state index contributed by atoms with van der Waals surface area (Å²) in [5.41, 5.74) is 0. The van der Waals surface area contributed by atoms with Crippen LogP contribution in [0, 0.1) is 0 Å². The highest BCUT2D eigenvalue weighted by Gasteiger charge is 2.10.